The zero-order valence-electron chi connectivity index (χ0n) is 16.8. The number of rotatable bonds is 14. The van der Waals surface area contributed by atoms with Crippen LogP contribution in [0.3, 0.4) is 0 Å². The predicted molar refractivity (Wildman–Crippen MR) is 96.0 cm³/mol. The van der Waals surface area contributed by atoms with Gasteiger partial charge in [-0.15, -0.1) is 0 Å². The molecule has 2 atom stereocenters. The molecule has 0 aromatic heterocycles. The number of carbonyl (C=O) groups is 2. The van der Waals surface area contributed by atoms with Crippen molar-refractivity contribution in [3.63, 3.8) is 0 Å². The fraction of sp³-hybridized carbons (Fsp3) is 0.895. The average Bonchev–Trinajstić information content (AvgIpc) is 2.57. The molecule has 148 valence electrons. The molecule has 0 heterocycles. The summed E-state index contributed by atoms with van der Waals surface area (Å²) in [5.74, 6) is -1.35. The topological polar surface area (TPSA) is 71.1 Å². The first kappa shape index (κ1) is 23.9. The molecule has 0 aromatic carbocycles. The molecule has 0 radical (unpaired) electrons. The van der Waals surface area contributed by atoms with Crippen LogP contribution in [0.1, 0.15) is 67.2 Å². The van der Waals surface area contributed by atoms with E-state index < -0.39 is 23.6 Å². The van der Waals surface area contributed by atoms with E-state index in [0.717, 1.165) is 6.42 Å². The van der Waals surface area contributed by atoms with Gasteiger partial charge in [0, 0.05) is 12.5 Å². The molecule has 0 amide bonds. The molecule has 0 bridgehead atoms. The van der Waals surface area contributed by atoms with Gasteiger partial charge < -0.3 is 18.9 Å². The number of ether oxygens (including phenoxy) is 4. The van der Waals surface area contributed by atoms with Gasteiger partial charge in [-0.2, -0.15) is 0 Å². The number of carbonyl (C=O) groups excluding carboxylic acids is 2. The molecule has 0 aliphatic rings. The largest absolute Gasteiger partial charge is 0.465 e. The molecule has 6 heteroatoms. The maximum absolute atomic E-state index is 12.8. The highest BCUT2D eigenvalue weighted by molar-refractivity contribution is 6.00. The first-order valence-electron chi connectivity index (χ1n) is 9.51. The minimum atomic E-state index is -1.33. The summed E-state index contributed by atoms with van der Waals surface area (Å²) in [6.07, 6.45) is 2.13. The van der Waals surface area contributed by atoms with E-state index >= 15 is 0 Å². The van der Waals surface area contributed by atoms with Crippen molar-refractivity contribution in [3.8, 4) is 0 Å². The number of hydrogen-bond acceptors (Lipinski definition) is 6. The Labute approximate surface area is 152 Å². The molecule has 6 nitrogen and oxygen atoms in total. The Hall–Kier alpha value is -1.14. The standard InChI is InChI=1S/C19H36O6/c1-7-12-16(14-25-15(6)22-9-3)19(13-8-2,17(20)23-10-4)18(21)24-11-5/h15-16H,7-14H2,1-6H3. The van der Waals surface area contributed by atoms with E-state index in [1.807, 2.05) is 27.7 Å². The second kappa shape index (κ2) is 13.1. The van der Waals surface area contributed by atoms with Crippen molar-refractivity contribution in [1.29, 1.82) is 0 Å². The molecule has 0 fully saturated rings. The third-order valence-electron chi connectivity index (χ3n) is 4.19. The maximum atomic E-state index is 12.8. The van der Waals surface area contributed by atoms with E-state index in [-0.39, 0.29) is 25.7 Å². The van der Waals surface area contributed by atoms with Gasteiger partial charge in [0.2, 0.25) is 0 Å². The lowest BCUT2D eigenvalue weighted by Gasteiger charge is -2.36. The van der Waals surface area contributed by atoms with Gasteiger partial charge in [0.1, 0.15) is 0 Å². The van der Waals surface area contributed by atoms with Crippen LogP contribution in [-0.4, -0.2) is 44.7 Å². The summed E-state index contributed by atoms with van der Waals surface area (Å²) in [6, 6.07) is 0. The summed E-state index contributed by atoms with van der Waals surface area (Å²) < 4.78 is 21.7. The van der Waals surface area contributed by atoms with Crippen molar-refractivity contribution in [2.45, 2.75) is 73.5 Å². The molecule has 2 unspecified atom stereocenters. The molecule has 0 saturated heterocycles. The average molecular weight is 360 g/mol. The van der Waals surface area contributed by atoms with Crippen molar-refractivity contribution in [2.24, 2.45) is 11.3 Å². The monoisotopic (exact) mass is 360 g/mol. The van der Waals surface area contributed by atoms with Gasteiger partial charge in [0.25, 0.3) is 0 Å². The van der Waals surface area contributed by atoms with Gasteiger partial charge in [-0.05, 0) is 40.5 Å². The fourth-order valence-electron chi connectivity index (χ4n) is 3.09. The molecule has 0 N–H and O–H groups in total. The first-order valence-corrected chi connectivity index (χ1v) is 9.51. The summed E-state index contributed by atoms with van der Waals surface area (Å²) in [5.41, 5.74) is -1.33. The van der Waals surface area contributed by atoms with E-state index in [1.165, 1.54) is 0 Å². The van der Waals surface area contributed by atoms with Crippen LogP contribution in [0.5, 0.6) is 0 Å². The molecule has 25 heavy (non-hydrogen) atoms. The zero-order chi connectivity index (χ0) is 19.3. The lowest BCUT2D eigenvalue weighted by atomic mass is 9.70. The Balaban J connectivity index is 5.69. The van der Waals surface area contributed by atoms with E-state index in [0.29, 0.717) is 25.9 Å². The Kier molecular flexibility index (Phi) is 12.5. The maximum Gasteiger partial charge on any atom is 0.323 e. The predicted octanol–water partition coefficient (Wildman–Crippen LogP) is 3.71. The van der Waals surface area contributed by atoms with E-state index in [1.54, 1.807) is 13.8 Å². The summed E-state index contributed by atoms with van der Waals surface area (Å²) in [6.45, 7) is 12.4. The molecule has 0 rings (SSSR count). The van der Waals surface area contributed by atoms with Crippen molar-refractivity contribution in [3.05, 3.63) is 0 Å². The Morgan fingerprint density at radius 3 is 1.80 bits per heavy atom. The van der Waals surface area contributed by atoms with Crippen LogP contribution in [-0.2, 0) is 28.5 Å². The third kappa shape index (κ3) is 6.94. The van der Waals surface area contributed by atoms with Crippen LogP contribution < -0.4 is 0 Å². The second-order valence-corrected chi connectivity index (χ2v) is 6.00. The normalized spacial score (nSPS) is 14.0. The van der Waals surface area contributed by atoms with Gasteiger partial charge in [-0.1, -0.05) is 26.7 Å². The summed E-state index contributed by atoms with van der Waals surface area (Å²) >= 11 is 0. The summed E-state index contributed by atoms with van der Waals surface area (Å²) in [5, 5.41) is 0. The summed E-state index contributed by atoms with van der Waals surface area (Å²) in [7, 11) is 0. The van der Waals surface area contributed by atoms with Crippen LogP contribution in [0.4, 0.5) is 0 Å². The van der Waals surface area contributed by atoms with E-state index in [2.05, 4.69) is 0 Å². The van der Waals surface area contributed by atoms with E-state index in [9.17, 15) is 9.59 Å². The van der Waals surface area contributed by atoms with Crippen LogP contribution in [0.2, 0.25) is 0 Å². The second-order valence-electron chi connectivity index (χ2n) is 6.00. The van der Waals surface area contributed by atoms with Crippen LogP contribution in [0.15, 0.2) is 0 Å². The van der Waals surface area contributed by atoms with Gasteiger partial charge >= 0.3 is 11.9 Å². The smallest absolute Gasteiger partial charge is 0.323 e. The molecular formula is C19H36O6. The summed E-state index contributed by atoms with van der Waals surface area (Å²) in [4.78, 5) is 25.7. The van der Waals surface area contributed by atoms with Crippen LogP contribution in [0.25, 0.3) is 0 Å². The Morgan fingerprint density at radius 2 is 1.40 bits per heavy atom. The SMILES string of the molecule is CCCC(COC(C)OCC)C(CCC)(C(=O)OCC)C(=O)OCC. The molecular weight excluding hydrogens is 324 g/mol. The zero-order valence-corrected chi connectivity index (χ0v) is 16.8. The van der Waals surface area contributed by atoms with Crippen LogP contribution >= 0.6 is 0 Å². The van der Waals surface area contributed by atoms with Gasteiger partial charge in [-0.25, -0.2) is 0 Å². The van der Waals surface area contributed by atoms with Crippen LogP contribution in [0, 0.1) is 11.3 Å². The number of esters is 2. The van der Waals surface area contributed by atoms with E-state index in [4.69, 9.17) is 18.9 Å². The fourth-order valence-corrected chi connectivity index (χ4v) is 3.09. The number of hydrogen-bond donors (Lipinski definition) is 0. The first-order chi connectivity index (χ1) is 11.9. The Bertz CT molecular complexity index is 364. The highest BCUT2D eigenvalue weighted by Crippen LogP contribution is 2.39. The van der Waals surface area contributed by atoms with Crippen molar-refractivity contribution >= 4 is 11.9 Å². The van der Waals surface area contributed by atoms with Gasteiger partial charge in [-0.3, -0.25) is 9.59 Å². The van der Waals surface area contributed by atoms with Crippen molar-refractivity contribution in [2.75, 3.05) is 26.4 Å². The molecule has 0 aromatic rings. The molecule has 0 spiro atoms. The molecule has 0 aliphatic carbocycles. The van der Waals surface area contributed by atoms with Crippen molar-refractivity contribution < 1.29 is 28.5 Å². The Morgan fingerprint density at radius 1 is 0.840 bits per heavy atom. The van der Waals surface area contributed by atoms with Gasteiger partial charge in [0.15, 0.2) is 11.7 Å². The minimum Gasteiger partial charge on any atom is -0.465 e. The minimum absolute atomic E-state index is 0.221. The third-order valence-corrected chi connectivity index (χ3v) is 4.19. The molecule has 0 aliphatic heterocycles. The lowest BCUT2D eigenvalue weighted by molar-refractivity contribution is -0.187. The highest BCUT2D eigenvalue weighted by atomic mass is 16.7. The quantitative estimate of drug-likeness (QED) is 0.267. The highest BCUT2D eigenvalue weighted by Gasteiger charge is 2.53. The van der Waals surface area contributed by atoms with Gasteiger partial charge in [0.05, 0.1) is 19.8 Å². The molecule has 0 saturated carbocycles. The van der Waals surface area contributed by atoms with Crippen molar-refractivity contribution in [1.82, 2.24) is 0 Å². The lowest BCUT2D eigenvalue weighted by Crippen LogP contribution is -2.49.